The van der Waals surface area contributed by atoms with Gasteiger partial charge in [-0.05, 0) is 6.42 Å². The molecule has 1 atom stereocenters. The summed E-state index contributed by atoms with van der Waals surface area (Å²) in [4.78, 5) is 11.3. The number of carboxylic acid groups (broad SMARTS) is 1. The van der Waals surface area contributed by atoms with E-state index in [9.17, 15) is 4.79 Å². The van der Waals surface area contributed by atoms with Crippen molar-refractivity contribution >= 4 is 11.9 Å². The van der Waals surface area contributed by atoms with Crippen molar-refractivity contribution in [3.05, 3.63) is 0 Å². The summed E-state index contributed by atoms with van der Waals surface area (Å²) in [6.07, 6.45) is -0.0766. The highest BCUT2D eigenvalue weighted by molar-refractivity contribution is 5.96. The van der Waals surface area contributed by atoms with Gasteiger partial charge in [-0.15, -0.1) is 0 Å². The third-order valence-electron chi connectivity index (χ3n) is 1.78. The Morgan fingerprint density at radius 1 is 1.71 bits per heavy atom. The molecule has 1 unspecified atom stereocenters. The van der Waals surface area contributed by atoms with Crippen molar-refractivity contribution in [2.75, 3.05) is 7.05 Å². The molecule has 0 saturated heterocycles. The molecule has 0 aromatic rings. The van der Waals surface area contributed by atoms with Gasteiger partial charge in [0.2, 0.25) is 0 Å². The molecule has 0 aliphatic carbocycles. The van der Waals surface area contributed by atoms with Crippen LogP contribution in [0.3, 0.4) is 0 Å². The van der Waals surface area contributed by atoms with Gasteiger partial charge >= 0.3 is 6.09 Å². The predicted octanol–water partition coefficient (Wildman–Crippen LogP) is 1.32. The van der Waals surface area contributed by atoms with Gasteiger partial charge < -0.3 is 10.3 Å². The van der Waals surface area contributed by atoms with Crippen LogP contribution in [0.5, 0.6) is 0 Å². The molecule has 0 heterocycles. The fourth-order valence-electron chi connectivity index (χ4n) is 1.01. The number of nitriles is 1. The highest BCUT2D eigenvalue weighted by atomic mass is 16.4. The quantitative estimate of drug-likeness (QED) is 0.310. The SMILES string of the molecule is CCCC(C#N)C(=NO)N(C)C(=O)O. The minimum atomic E-state index is -1.26. The standard InChI is InChI=1S/C8H13N3O3/c1-3-4-6(5-9)7(10-14)11(2)8(12)13/h6,14H,3-4H2,1-2H3,(H,12,13). The van der Waals surface area contributed by atoms with Crippen molar-refractivity contribution in [2.24, 2.45) is 11.1 Å². The monoisotopic (exact) mass is 199 g/mol. The van der Waals surface area contributed by atoms with Crippen LogP contribution in [0.25, 0.3) is 0 Å². The molecule has 0 aliphatic rings. The van der Waals surface area contributed by atoms with Crippen molar-refractivity contribution in [1.29, 1.82) is 5.26 Å². The van der Waals surface area contributed by atoms with Crippen LogP contribution in [0.4, 0.5) is 4.79 Å². The molecule has 0 aliphatic heterocycles. The molecule has 78 valence electrons. The summed E-state index contributed by atoms with van der Waals surface area (Å²) in [5.74, 6) is -0.826. The van der Waals surface area contributed by atoms with E-state index in [1.165, 1.54) is 7.05 Å². The Bertz CT molecular complexity index is 269. The zero-order chi connectivity index (χ0) is 11.1. The molecule has 2 N–H and O–H groups in total. The first kappa shape index (κ1) is 12.2. The van der Waals surface area contributed by atoms with Gasteiger partial charge in [0.15, 0.2) is 5.84 Å². The van der Waals surface area contributed by atoms with Crippen LogP contribution in [0, 0.1) is 17.2 Å². The van der Waals surface area contributed by atoms with E-state index in [0.29, 0.717) is 12.8 Å². The summed E-state index contributed by atoms with van der Waals surface area (Å²) in [6, 6.07) is 1.89. The lowest BCUT2D eigenvalue weighted by Gasteiger charge is -2.17. The van der Waals surface area contributed by atoms with Gasteiger partial charge in [0.25, 0.3) is 0 Å². The fraction of sp³-hybridized carbons (Fsp3) is 0.625. The number of nitrogens with zero attached hydrogens (tertiary/aromatic N) is 3. The summed E-state index contributed by atoms with van der Waals surface area (Å²) in [5, 5.41) is 28.8. The minimum Gasteiger partial charge on any atom is -0.465 e. The van der Waals surface area contributed by atoms with Crippen LogP contribution in [-0.2, 0) is 0 Å². The molecule has 1 amide bonds. The normalized spacial score (nSPS) is 13.1. The highest BCUT2D eigenvalue weighted by Crippen LogP contribution is 2.10. The lowest BCUT2D eigenvalue weighted by Crippen LogP contribution is -2.36. The summed E-state index contributed by atoms with van der Waals surface area (Å²) in [5.41, 5.74) is 0. The maximum atomic E-state index is 10.5. The Labute approximate surface area is 82.0 Å². The topological polar surface area (TPSA) is 96.9 Å². The van der Waals surface area contributed by atoms with E-state index in [4.69, 9.17) is 15.6 Å². The molecular weight excluding hydrogens is 186 g/mol. The number of amidine groups is 1. The largest absolute Gasteiger partial charge is 0.465 e. The van der Waals surface area contributed by atoms with Crippen LogP contribution in [0.1, 0.15) is 19.8 Å². The van der Waals surface area contributed by atoms with Crippen LogP contribution < -0.4 is 0 Å². The molecule has 0 aromatic carbocycles. The molecule has 0 fully saturated rings. The number of rotatable bonds is 3. The van der Waals surface area contributed by atoms with E-state index < -0.39 is 12.0 Å². The van der Waals surface area contributed by atoms with Crippen molar-refractivity contribution < 1.29 is 15.1 Å². The average Bonchev–Trinajstić information content (AvgIpc) is 2.17. The molecule has 0 radical (unpaired) electrons. The van der Waals surface area contributed by atoms with Crippen molar-refractivity contribution in [3.63, 3.8) is 0 Å². The number of hydrogen-bond acceptors (Lipinski definition) is 4. The van der Waals surface area contributed by atoms with E-state index in [2.05, 4.69) is 5.16 Å². The zero-order valence-electron chi connectivity index (χ0n) is 8.14. The molecule has 14 heavy (non-hydrogen) atoms. The van der Waals surface area contributed by atoms with Gasteiger partial charge in [-0.1, -0.05) is 18.5 Å². The second kappa shape index (κ2) is 5.80. The minimum absolute atomic E-state index is 0.137. The van der Waals surface area contributed by atoms with E-state index in [1.807, 2.05) is 13.0 Å². The lowest BCUT2D eigenvalue weighted by molar-refractivity contribution is 0.172. The molecular formula is C8H13N3O3. The molecule has 0 bridgehead atoms. The Balaban J connectivity index is 4.72. The van der Waals surface area contributed by atoms with E-state index in [0.717, 1.165) is 4.90 Å². The third kappa shape index (κ3) is 2.94. The zero-order valence-corrected chi connectivity index (χ0v) is 8.14. The maximum Gasteiger partial charge on any atom is 0.412 e. The lowest BCUT2D eigenvalue weighted by atomic mass is 10.0. The fourth-order valence-corrected chi connectivity index (χ4v) is 1.01. The summed E-state index contributed by atoms with van der Waals surface area (Å²) in [7, 11) is 1.23. The summed E-state index contributed by atoms with van der Waals surface area (Å²) < 4.78 is 0. The molecule has 0 rings (SSSR count). The van der Waals surface area contributed by atoms with Gasteiger partial charge in [-0.3, -0.25) is 4.90 Å². The second-order valence-corrected chi connectivity index (χ2v) is 2.77. The Morgan fingerprint density at radius 3 is 2.57 bits per heavy atom. The third-order valence-corrected chi connectivity index (χ3v) is 1.78. The van der Waals surface area contributed by atoms with Gasteiger partial charge in [-0.25, -0.2) is 4.79 Å². The number of amides is 1. The first-order valence-electron chi connectivity index (χ1n) is 4.16. The number of hydrogen-bond donors (Lipinski definition) is 2. The molecule has 0 spiro atoms. The van der Waals surface area contributed by atoms with Gasteiger partial charge in [0, 0.05) is 7.05 Å². The highest BCUT2D eigenvalue weighted by Gasteiger charge is 2.23. The number of oxime groups is 1. The molecule has 6 heteroatoms. The van der Waals surface area contributed by atoms with E-state index >= 15 is 0 Å². The van der Waals surface area contributed by atoms with Crippen molar-refractivity contribution in [2.45, 2.75) is 19.8 Å². The Morgan fingerprint density at radius 2 is 2.29 bits per heavy atom. The van der Waals surface area contributed by atoms with Crippen molar-refractivity contribution in [1.82, 2.24) is 4.90 Å². The van der Waals surface area contributed by atoms with Gasteiger partial charge in [0.1, 0.15) is 5.92 Å². The van der Waals surface area contributed by atoms with Gasteiger partial charge in [0.05, 0.1) is 6.07 Å². The van der Waals surface area contributed by atoms with Gasteiger partial charge in [-0.2, -0.15) is 5.26 Å². The molecule has 0 aromatic heterocycles. The Kier molecular flexibility index (Phi) is 5.07. The first-order valence-corrected chi connectivity index (χ1v) is 4.16. The van der Waals surface area contributed by atoms with Crippen LogP contribution >= 0.6 is 0 Å². The van der Waals surface area contributed by atoms with E-state index in [1.54, 1.807) is 0 Å². The molecule has 0 saturated carbocycles. The second-order valence-electron chi connectivity index (χ2n) is 2.77. The summed E-state index contributed by atoms with van der Waals surface area (Å²) in [6.45, 7) is 1.86. The summed E-state index contributed by atoms with van der Waals surface area (Å²) >= 11 is 0. The first-order chi connectivity index (χ1) is 6.58. The van der Waals surface area contributed by atoms with Crippen LogP contribution in [-0.4, -0.2) is 34.2 Å². The smallest absolute Gasteiger partial charge is 0.412 e. The van der Waals surface area contributed by atoms with Crippen LogP contribution in [0.15, 0.2) is 5.16 Å². The number of carbonyl (C=O) groups is 1. The maximum absolute atomic E-state index is 10.5. The average molecular weight is 199 g/mol. The van der Waals surface area contributed by atoms with Crippen LogP contribution in [0.2, 0.25) is 0 Å². The van der Waals surface area contributed by atoms with Crippen molar-refractivity contribution in [3.8, 4) is 6.07 Å². The predicted molar refractivity (Wildman–Crippen MR) is 49.0 cm³/mol. The Hall–Kier alpha value is -1.77. The molecule has 6 nitrogen and oxygen atoms in total. The van der Waals surface area contributed by atoms with E-state index in [-0.39, 0.29) is 5.84 Å².